The maximum Gasteiger partial charge on any atom is 0.573 e. The van der Waals surface area contributed by atoms with Crippen molar-refractivity contribution in [3.8, 4) is 11.5 Å². The number of aromatic nitrogens is 3. The molecule has 1 aliphatic rings. The molecule has 50 heavy (non-hydrogen) atoms. The van der Waals surface area contributed by atoms with Gasteiger partial charge in [-0.2, -0.15) is 4.31 Å². The van der Waals surface area contributed by atoms with Gasteiger partial charge in [0, 0.05) is 45.3 Å². The molecule has 2 aromatic carbocycles. The standard InChI is InChI=1S/C21H20F3N5O5S.C9H8F3NO2/c22-21(23,24)34-15-2-4-16(5-3-15)35(32,33)29-9-7-28(8-10-29)18-13-26-17-12-25-11-14(20(17)27-18)1-6-19(30)31;10-9(11,12)15-8-3-1-7(2-4-8)5-13-6-14/h2-5,11-13H,1,6-10H2,(H,30,31);1-4,6H,5H2,(H,13,14). The van der Waals surface area contributed by atoms with Gasteiger partial charge in [0.05, 0.1) is 22.8 Å². The largest absolute Gasteiger partial charge is 0.573 e. The molecule has 0 bridgehead atoms. The number of alkyl halides is 6. The number of anilines is 1. The van der Waals surface area contributed by atoms with Gasteiger partial charge in [0.25, 0.3) is 0 Å². The third-order valence-corrected chi connectivity index (χ3v) is 8.84. The van der Waals surface area contributed by atoms with Crippen LogP contribution in [0.2, 0.25) is 0 Å². The van der Waals surface area contributed by atoms with E-state index in [1.165, 1.54) is 34.8 Å². The molecule has 3 heterocycles. The molecule has 268 valence electrons. The summed E-state index contributed by atoms with van der Waals surface area (Å²) in [5.41, 5.74) is 2.40. The summed E-state index contributed by atoms with van der Waals surface area (Å²) < 4.78 is 107. The van der Waals surface area contributed by atoms with E-state index < -0.39 is 34.5 Å². The zero-order chi connectivity index (χ0) is 36.5. The molecule has 1 aliphatic heterocycles. The van der Waals surface area contributed by atoms with E-state index in [9.17, 15) is 44.3 Å². The number of carboxylic acids is 1. The Labute approximate surface area is 280 Å². The summed E-state index contributed by atoms with van der Waals surface area (Å²) in [5, 5.41) is 11.4. The number of fused-ring (bicyclic) bond motifs is 1. The second-order valence-electron chi connectivity index (χ2n) is 10.4. The molecule has 2 N–H and O–H groups in total. The van der Waals surface area contributed by atoms with Crippen molar-refractivity contribution in [3.63, 3.8) is 0 Å². The Balaban J connectivity index is 0.000000314. The van der Waals surface area contributed by atoms with E-state index in [2.05, 4.69) is 29.7 Å². The number of aryl methyl sites for hydroxylation is 1. The lowest BCUT2D eigenvalue weighted by atomic mass is 10.1. The molecule has 0 atom stereocenters. The minimum Gasteiger partial charge on any atom is -0.481 e. The fourth-order valence-corrected chi connectivity index (χ4v) is 6.07. The highest BCUT2D eigenvalue weighted by molar-refractivity contribution is 7.89. The van der Waals surface area contributed by atoms with Gasteiger partial charge in [-0.15, -0.1) is 26.3 Å². The van der Waals surface area contributed by atoms with E-state index in [0.717, 1.165) is 24.3 Å². The van der Waals surface area contributed by atoms with Crippen molar-refractivity contribution < 1.29 is 58.9 Å². The number of hydrogen-bond acceptors (Lipinski definition) is 10. The van der Waals surface area contributed by atoms with Crippen LogP contribution in [-0.4, -0.2) is 84.1 Å². The van der Waals surface area contributed by atoms with Crippen LogP contribution in [0.15, 0.2) is 72.0 Å². The van der Waals surface area contributed by atoms with Crippen LogP contribution in [0.25, 0.3) is 11.0 Å². The summed E-state index contributed by atoms with van der Waals surface area (Å²) in [6.45, 7) is 1.15. The summed E-state index contributed by atoms with van der Waals surface area (Å²) in [6, 6.07) is 9.32. The molecular formula is C30H28F6N6O7S. The third kappa shape index (κ3) is 10.9. The van der Waals surface area contributed by atoms with E-state index in [1.54, 1.807) is 12.4 Å². The topological polar surface area (TPSA) is 164 Å². The number of halogens is 6. The van der Waals surface area contributed by atoms with Crippen molar-refractivity contribution >= 4 is 39.3 Å². The minimum atomic E-state index is -4.87. The Morgan fingerprint density at radius 3 is 2.00 bits per heavy atom. The number of nitrogens with zero attached hydrogens (tertiary/aromatic N) is 5. The van der Waals surface area contributed by atoms with Gasteiger partial charge in [-0.3, -0.25) is 14.6 Å². The van der Waals surface area contributed by atoms with Crippen molar-refractivity contribution in [3.05, 3.63) is 78.2 Å². The third-order valence-electron chi connectivity index (χ3n) is 6.93. The number of aliphatic carboxylic acids is 1. The molecule has 0 unspecified atom stereocenters. The summed E-state index contributed by atoms with van der Waals surface area (Å²) in [4.78, 5) is 35.7. The molecule has 2 aromatic heterocycles. The highest BCUT2D eigenvalue weighted by Gasteiger charge is 2.33. The molecule has 1 fully saturated rings. The summed E-state index contributed by atoms with van der Waals surface area (Å²) in [7, 11) is -3.92. The molecule has 13 nitrogen and oxygen atoms in total. The first kappa shape index (κ1) is 37.6. The Morgan fingerprint density at radius 2 is 1.46 bits per heavy atom. The number of rotatable bonds is 11. The Bertz CT molecular complexity index is 1870. The van der Waals surface area contributed by atoms with E-state index >= 15 is 0 Å². The summed E-state index contributed by atoms with van der Waals surface area (Å²) >= 11 is 0. The van der Waals surface area contributed by atoms with E-state index in [1.807, 2.05) is 4.90 Å². The molecule has 0 aliphatic carbocycles. The summed E-state index contributed by atoms with van der Waals surface area (Å²) in [6.07, 6.45) is -4.22. The van der Waals surface area contributed by atoms with Crippen molar-refractivity contribution in [2.45, 2.75) is 37.0 Å². The van der Waals surface area contributed by atoms with Crippen LogP contribution in [0.5, 0.6) is 11.5 Å². The second-order valence-corrected chi connectivity index (χ2v) is 12.3. The number of carbonyl (C=O) groups excluding carboxylic acids is 1. The monoisotopic (exact) mass is 730 g/mol. The van der Waals surface area contributed by atoms with Crippen molar-refractivity contribution in [1.82, 2.24) is 24.6 Å². The van der Waals surface area contributed by atoms with Crippen molar-refractivity contribution in [2.24, 2.45) is 0 Å². The average Bonchev–Trinajstić information content (AvgIpc) is 3.06. The molecule has 0 saturated carbocycles. The van der Waals surface area contributed by atoms with Gasteiger partial charge in [0.1, 0.15) is 22.8 Å². The van der Waals surface area contributed by atoms with Gasteiger partial charge in [-0.25, -0.2) is 18.4 Å². The number of benzene rings is 2. The summed E-state index contributed by atoms with van der Waals surface area (Å²) in [5.74, 6) is -1.21. The Hall–Kier alpha value is -5.24. The van der Waals surface area contributed by atoms with Gasteiger partial charge in [0.2, 0.25) is 16.4 Å². The maximum atomic E-state index is 12.9. The number of amides is 1. The fourth-order valence-electron chi connectivity index (χ4n) is 4.64. The number of nitrogens with one attached hydrogen (secondary N) is 1. The van der Waals surface area contributed by atoms with Crippen LogP contribution in [0.4, 0.5) is 32.2 Å². The van der Waals surface area contributed by atoms with Crippen LogP contribution >= 0.6 is 0 Å². The molecule has 0 radical (unpaired) electrons. The number of carboxylic acid groups (broad SMARTS) is 1. The Morgan fingerprint density at radius 1 is 0.880 bits per heavy atom. The normalized spacial score (nSPS) is 14.0. The molecule has 1 saturated heterocycles. The lowest BCUT2D eigenvalue weighted by Gasteiger charge is -2.34. The number of pyridine rings is 1. The lowest BCUT2D eigenvalue weighted by molar-refractivity contribution is -0.275. The highest BCUT2D eigenvalue weighted by Crippen LogP contribution is 2.27. The number of sulfonamides is 1. The zero-order valence-electron chi connectivity index (χ0n) is 25.7. The lowest BCUT2D eigenvalue weighted by Crippen LogP contribution is -2.49. The number of carbonyl (C=O) groups is 2. The predicted molar refractivity (Wildman–Crippen MR) is 163 cm³/mol. The fraction of sp³-hybridized carbons (Fsp3) is 0.300. The molecule has 0 spiro atoms. The first-order valence-corrected chi connectivity index (χ1v) is 15.9. The van der Waals surface area contributed by atoms with Crippen molar-refractivity contribution in [1.29, 1.82) is 0 Å². The van der Waals surface area contributed by atoms with Gasteiger partial charge in [-0.1, -0.05) is 12.1 Å². The minimum absolute atomic E-state index is 0.0768. The van der Waals surface area contributed by atoms with Crippen molar-refractivity contribution in [2.75, 3.05) is 31.1 Å². The number of hydrogen-bond donors (Lipinski definition) is 2. The smallest absolute Gasteiger partial charge is 0.481 e. The average molecular weight is 731 g/mol. The van der Waals surface area contributed by atoms with Crippen LogP contribution < -0.4 is 19.7 Å². The molecule has 4 aromatic rings. The van der Waals surface area contributed by atoms with Gasteiger partial charge >= 0.3 is 18.7 Å². The van der Waals surface area contributed by atoms with Crippen LogP contribution in [0, 0.1) is 0 Å². The number of ether oxygens (including phenoxy) is 2. The van der Waals surface area contributed by atoms with Crippen LogP contribution in [-0.2, 0) is 32.6 Å². The quantitative estimate of drug-likeness (QED) is 0.167. The highest BCUT2D eigenvalue weighted by atomic mass is 32.2. The number of piperazine rings is 1. The van der Waals surface area contributed by atoms with Crippen LogP contribution in [0.1, 0.15) is 17.5 Å². The van der Waals surface area contributed by atoms with Crippen LogP contribution in [0.3, 0.4) is 0 Å². The maximum absolute atomic E-state index is 12.9. The van der Waals surface area contributed by atoms with E-state index in [-0.39, 0.29) is 43.1 Å². The van der Waals surface area contributed by atoms with E-state index in [4.69, 9.17) is 5.11 Å². The van der Waals surface area contributed by atoms with Gasteiger partial charge in [0.15, 0.2) is 0 Å². The zero-order valence-corrected chi connectivity index (χ0v) is 26.5. The SMILES string of the molecule is O=C(O)CCc1cncc2ncc(N3CCN(S(=O)(=O)c4ccc(OC(F)(F)F)cc4)CC3)nc12.O=CNCc1ccc(OC(F)(F)F)cc1. The molecule has 5 rings (SSSR count). The second kappa shape index (κ2) is 16.0. The molecule has 20 heteroatoms. The first-order chi connectivity index (χ1) is 23.5. The van der Waals surface area contributed by atoms with Gasteiger partial charge < -0.3 is 24.8 Å². The Kier molecular flexibility index (Phi) is 12.0. The molecule has 1 amide bonds. The first-order valence-electron chi connectivity index (χ1n) is 14.5. The van der Waals surface area contributed by atoms with Gasteiger partial charge in [-0.05, 0) is 53.9 Å². The predicted octanol–water partition coefficient (Wildman–Crippen LogP) is 4.28. The van der Waals surface area contributed by atoms with E-state index in [0.29, 0.717) is 47.5 Å². The molecular weight excluding hydrogens is 702 g/mol.